The Balaban J connectivity index is 1.41. The van der Waals surface area contributed by atoms with Crippen LogP contribution in [0, 0.1) is 17.1 Å². The number of thiophene rings is 1. The van der Waals surface area contributed by atoms with Gasteiger partial charge in [-0.3, -0.25) is 9.59 Å². The van der Waals surface area contributed by atoms with Crippen LogP contribution < -0.4 is 10.6 Å². The first-order chi connectivity index (χ1) is 18.9. The van der Waals surface area contributed by atoms with Crippen molar-refractivity contribution in [3.63, 3.8) is 0 Å². The number of thioether (sulfide) groups is 1. The van der Waals surface area contributed by atoms with Crippen molar-refractivity contribution in [2.75, 3.05) is 17.2 Å². The van der Waals surface area contributed by atoms with E-state index in [2.05, 4.69) is 16.7 Å². The number of benzene rings is 2. The number of ether oxygens (including phenoxy) is 1. The van der Waals surface area contributed by atoms with Gasteiger partial charge in [0.2, 0.25) is 5.91 Å². The molecule has 2 aromatic carbocycles. The Morgan fingerprint density at radius 3 is 2.60 bits per heavy atom. The van der Waals surface area contributed by atoms with Gasteiger partial charge in [-0.1, -0.05) is 18.2 Å². The molecule has 1 aromatic heterocycles. The lowest BCUT2D eigenvalue weighted by atomic mass is 10.0. The molecule has 0 aliphatic carbocycles. The van der Waals surface area contributed by atoms with Crippen molar-refractivity contribution in [3.05, 3.63) is 75.9 Å². The predicted octanol–water partition coefficient (Wildman–Crippen LogP) is 6.42. The van der Waals surface area contributed by atoms with Gasteiger partial charge in [-0.2, -0.15) is 5.26 Å². The molecule has 0 fully saturated rings. The maximum atomic E-state index is 14.0. The van der Waals surface area contributed by atoms with Crippen LogP contribution in [-0.2, 0) is 22.5 Å². The van der Waals surface area contributed by atoms with E-state index in [0.717, 1.165) is 15.3 Å². The van der Waals surface area contributed by atoms with Crippen LogP contribution in [0.15, 0.2) is 53.4 Å². The number of hydrogen-bond acceptors (Lipinski definition) is 7. The topological polar surface area (TPSA) is 112 Å². The third kappa shape index (κ3) is 7.00. The standard InChI is InChI=1S/C29H29FN4O4S2/c1-17(39-19-9-7-8-18(14-19)32-26(36)21-10-5-6-11-23(21)30)25(35)33-27-22(15-31)20-12-13-34(16-24(20)40-27)28(37)38-29(2,3)4/h5-11,14,17H,12-13,16H2,1-4H3,(H,32,36)(H,33,35). The van der Waals surface area contributed by atoms with Gasteiger partial charge in [0.15, 0.2) is 0 Å². The minimum absolute atomic E-state index is 0.0607. The van der Waals surface area contributed by atoms with E-state index in [1.807, 2.05) is 26.8 Å². The molecular weight excluding hydrogens is 551 g/mol. The van der Waals surface area contributed by atoms with Crippen molar-refractivity contribution in [1.29, 1.82) is 5.26 Å². The Kier molecular flexibility index (Phi) is 8.81. The van der Waals surface area contributed by atoms with Gasteiger partial charge in [0.25, 0.3) is 5.91 Å². The molecule has 0 radical (unpaired) electrons. The summed E-state index contributed by atoms with van der Waals surface area (Å²) in [6.45, 7) is 7.92. The molecule has 1 atom stereocenters. The molecule has 40 heavy (non-hydrogen) atoms. The predicted molar refractivity (Wildman–Crippen MR) is 154 cm³/mol. The summed E-state index contributed by atoms with van der Waals surface area (Å²) in [5.74, 6) is -1.47. The minimum Gasteiger partial charge on any atom is -0.444 e. The monoisotopic (exact) mass is 580 g/mol. The Bertz CT molecular complexity index is 1490. The molecular formula is C29H29FN4O4S2. The summed E-state index contributed by atoms with van der Waals surface area (Å²) in [5.41, 5.74) is 1.07. The number of anilines is 2. The third-order valence-electron chi connectivity index (χ3n) is 5.95. The second kappa shape index (κ2) is 12.1. The van der Waals surface area contributed by atoms with Crippen LogP contribution in [0.25, 0.3) is 0 Å². The highest BCUT2D eigenvalue weighted by molar-refractivity contribution is 8.00. The highest BCUT2D eigenvalue weighted by Crippen LogP contribution is 2.37. The maximum Gasteiger partial charge on any atom is 0.410 e. The normalized spacial score (nSPS) is 13.6. The maximum absolute atomic E-state index is 14.0. The van der Waals surface area contributed by atoms with E-state index >= 15 is 0 Å². The molecule has 2 heterocycles. The molecule has 1 unspecified atom stereocenters. The minimum atomic E-state index is -0.611. The van der Waals surface area contributed by atoms with Gasteiger partial charge in [-0.05, 0) is 70.0 Å². The summed E-state index contributed by atoms with van der Waals surface area (Å²) in [7, 11) is 0. The van der Waals surface area contributed by atoms with Gasteiger partial charge >= 0.3 is 6.09 Å². The molecule has 3 amide bonds. The summed E-state index contributed by atoms with van der Waals surface area (Å²) >= 11 is 2.58. The van der Waals surface area contributed by atoms with Crippen LogP contribution in [0.1, 0.15) is 54.1 Å². The molecule has 0 bridgehead atoms. The molecule has 0 saturated carbocycles. The number of hydrogen-bond donors (Lipinski definition) is 2. The third-order valence-corrected chi connectivity index (χ3v) is 8.18. The van der Waals surface area contributed by atoms with Gasteiger partial charge in [0.05, 0.1) is 22.9 Å². The summed E-state index contributed by atoms with van der Waals surface area (Å²) in [6, 6.07) is 14.9. The Hall–Kier alpha value is -3.88. The highest BCUT2D eigenvalue weighted by atomic mass is 32.2. The van der Waals surface area contributed by atoms with Crippen LogP contribution in [-0.4, -0.2) is 40.2 Å². The number of nitriles is 1. The van der Waals surface area contributed by atoms with E-state index in [0.29, 0.717) is 35.8 Å². The van der Waals surface area contributed by atoms with Crippen molar-refractivity contribution in [3.8, 4) is 6.07 Å². The van der Waals surface area contributed by atoms with E-state index in [1.54, 1.807) is 36.1 Å². The summed E-state index contributed by atoms with van der Waals surface area (Å²) in [6.07, 6.45) is 0.0903. The Morgan fingerprint density at radius 1 is 1.15 bits per heavy atom. The van der Waals surface area contributed by atoms with Gasteiger partial charge in [-0.25, -0.2) is 9.18 Å². The largest absolute Gasteiger partial charge is 0.444 e. The van der Waals surface area contributed by atoms with Crippen LogP contribution in [0.2, 0.25) is 0 Å². The molecule has 8 nitrogen and oxygen atoms in total. The number of halogens is 1. The zero-order valence-electron chi connectivity index (χ0n) is 22.5. The zero-order valence-corrected chi connectivity index (χ0v) is 24.2. The first-order valence-corrected chi connectivity index (χ1v) is 14.3. The highest BCUT2D eigenvalue weighted by Gasteiger charge is 2.30. The van der Waals surface area contributed by atoms with Gasteiger partial charge < -0.3 is 20.3 Å². The lowest BCUT2D eigenvalue weighted by Gasteiger charge is -2.29. The van der Waals surface area contributed by atoms with Crippen LogP contribution >= 0.6 is 23.1 Å². The molecule has 0 spiro atoms. The number of fused-ring (bicyclic) bond motifs is 1. The molecule has 3 aromatic rings. The molecule has 11 heteroatoms. The van der Waals surface area contributed by atoms with E-state index < -0.39 is 28.7 Å². The number of amides is 3. The number of carbonyl (C=O) groups excluding carboxylic acids is 3. The van der Waals surface area contributed by atoms with Gasteiger partial charge in [0.1, 0.15) is 22.5 Å². The average Bonchev–Trinajstić information content (AvgIpc) is 3.24. The fourth-order valence-corrected chi connectivity index (χ4v) is 6.20. The zero-order chi connectivity index (χ0) is 29.0. The quantitative estimate of drug-likeness (QED) is 0.325. The smallest absolute Gasteiger partial charge is 0.410 e. The molecule has 1 aliphatic heterocycles. The SMILES string of the molecule is CC(Sc1cccc(NC(=O)c2ccccc2F)c1)C(=O)Nc1sc2c(c1C#N)CCN(C(=O)OC(C)(C)C)C2. The van der Waals surface area contributed by atoms with E-state index in [4.69, 9.17) is 4.74 Å². The molecule has 4 rings (SSSR count). The number of rotatable bonds is 6. The van der Waals surface area contributed by atoms with Gasteiger partial charge in [0, 0.05) is 22.0 Å². The van der Waals surface area contributed by atoms with Crippen LogP contribution in [0.3, 0.4) is 0 Å². The van der Waals surface area contributed by atoms with Crippen molar-refractivity contribution in [2.24, 2.45) is 0 Å². The van der Waals surface area contributed by atoms with Crippen molar-refractivity contribution >= 4 is 51.7 Å². The second-order valence-electron chi connectivity index (χ2n) is 10.2. The fraction of sp³-hybridized carbons (Fsp3) is 0.310. The lowest BCUT2D eigenvalue weighted by molar-refractivity contribution is -0.115. The number of nitrogens with one attached hydrogen (secondary N) is 2. The van der Waals surface area contributed by atoms with Crippen LogP contribution in [0.5, 0.6) is 0 Å². The van der Waals surface area contributed by atoms with Crippen molar-refractivity contribution in [2.45, 2.75) is 56.4 Å². The fourth-order valence-electron chi connectivity index (χ4n) is 4.05. The summed E-state index contributed by atoms with van der Waals surface area (Å²) in [5, 5.41) is 15.3. The molecule has 208 valence electrons. The number of carbonyl (C=O) groups is 3. The first kappa shape index (κ1) is 29.1. The van der Waals surface area contributed by atoms with E-state index in [1.165, 1.54) is 41.3 Å². The Labute approximate surface area is 240 Å². The van der Waals surface area contributed by atoms with Crippen molar-refractivity contribution in [1.82, 2.24) is 4.90 Å². The molecule has 0 saturated heterocycles. The lowest BCUT2D eigenvalue weighted by Crippen LogP contribution is -2.39. The summed E-state index contributed by atoms with van der Waals surface area (Å²) in [4.78, 5) is 41.3. The number of nitrogens with zero attached hydrogens (tertiary/aromatic N) is 2. The van der Waals surface area contributed by atoms with Crippen molar-refractivity contribution < 1.29 is 23.5 Å². The second-order valence-corrected chi connectivity index (χ2v) is 12.7. The van der Waals surface area contributed by atoms with Crippen LogP contribution in [0.4, 0.5) is 19.9 Å². The van der Waals surface area contributed by atoms with E-state index in [9.17, 15) is 24.0 Å². The average molecular weight is 581 g/mol. The molecule has 1 aliphatic rings. The van der Waals surface area contributed by atoms with E-state index in [-0.39, 0.29) is 11.5 Å². The molecule has 2 N–H and O–H groups in total. The summed E-state index contributed by atoms with van der Waals surface area (Å²) < 4.78 is 19.4. The van der Waals surface area contributed by atoms with Gasteiger partial charge in [-0.15, -0.1) is 23.1 Å². The Morgan fingerprint density at radius 2 is 1.90 bits per heavy atom. The first-order valence-electron chi connectivity index (χ1n) is 12.6.